The summed E-state index contributed by atoms with van der Waals surface area (Å²) in [6, 6.07) is 0. The molecule has 0 aromatic carbocycles. The molecule has 20 heavy (non-hydrogen) atoms. The maximum atomic E-state index is 12.7. The first-order valence-electron chi connectivity index (χ1n) is 7.23. The SMILES string of the molecule is CCOC(=O)CN(CCOC)C(=O)C1(CN)CCCC1. The van der Waals surface area contributed by atoms with Gasteiger partial charge in [0.1, 0.15) is 6.54 Å². The number of carbonyl (C=O) groups is 2. The lowest BCUT2D eigenvalue weighted by atomic mass is 9.84. The first-order chi connectivity index (χ1) is 9.59. The molecule has 0 aromatic heterocycles. The Bertz CT molecular complexity index is 327. The summed E-state index contributed by atoms with van der Waals surface area (Å²) < 4.78 is 9.94. The Morgan fingerprint density at radius 2 is 1.95 bits per heavy atom. The summed E-state index contributed by atoms with van der Waals surface area (Å²) in [4.78, 5) is 25.9. The van der Waals surface area contributed by atoms with Gasteiger partial charge in [0, 0.05) is 20.2 Å². The van der Waals surface area contributed by atoms with E-state index in [9.17, 15) is 9.59 Å². The Balaban J connectivity index is 2.74. The van der Waals surface area contributed by atoms with Crippen LogP contribution in [0.3, 0.4) is 0 Å². The minimum absolute atomic E-state index is 0.0300. The monoisotopic (exact) mass is 286 g/mol. The van der Waals surface area contributed by atoms with Gasteiger partial charge in [0.15, 0.2) is 0 Å². The molecule has 0 atom stereocenters. The zero-order valence-corrected chi connectivity index (χ0v) is 12.5. The van der Waals surface area contributed by atoms with Gasteiger partial charge in [-0.05, 0) is 19.8 Å². The van der Waals surface area contributed by atoms with Gasteiger partial charge in [-0.2, -0.15) is 0 Å². The van der Waals surface area contributed by atoms with E-state index in [2.05, 4.69) is 0 Å². The molecule has 0 unspecified atom stereocenters. The molecule has 2 N–H and O–H groups in total. The predicted molar refractivity (Wildman–Crippen MR) is 75.0 cm³/mol. The van der Waals surface area contributed by atoms with Gasteiger partial charge in [-0.25, -0.2) is 0 Å². The van der Waals surface area contributed by atoms with Crippen molar-refractivity contribution in [1.82, 2.24) is 4.90 Å². The van der Waals surface area contributed by atoms with Crippen molar-refractivity contribution >= 4 is 11.9 Å². The summed E-state index contributed by atoms with van der Waals surface area (Å²) in [5.41, 5.74) is 5.33. The second kappa shape index (κ2) is 8.21. The maximum absolute atomic E-state index is 12.7. The Kier molecular flexibility index (Phi) is 6.95. The van der Waals surface area contributed by atoms with E-state index in [0.29, 0.717) is 26.3 Å². The third-order valence-corrected chi connectivity index (χ3v) is 3.88. The molecule has 1 aliphatic carbocycles. The van der Waals surface area contributed by atoms with Crippen molar-refractivity contribution in [2.24, 2.45) is 11.1 Å². The average Bonchev–Trinajstić information content (AvgIpc) is 2.93. The lowest BCUT2D eigenvalue weighted by molar-refractivity contribution is -0.153. The van der Waals surface area contributed by atoms with Crippen LogP contribution in [0.5, 0.6) is 0 Å². The van der Waals surface area contributed by atoms with E-state index >= 15 is 0 Å². The van der Waals surface area contributed by atoms with Gasteiger partial charge in [-0.3, -0.25) is 9.59 Å². The summed E-state index contributed by atoms with van der Waals surface area (Å²) in [5.74, 6) is -0.426. The number of hydrogen-bond donors (Lipinski definition) is 1. The molecule has 1 saturated carbocycles. The normalized spacial score (nSPS) is 16.9. The molecule has 1 amide bonds. The van der Waals surface area contributed by atoms with Gasteiger partial charge < -0.3 is 20.1 Å². The molecule has 0 heterocycles. The van der Waals surface area contributed by atoms with Crippen molar-refractivity contribution in [3.05, 3.63) is 0 Å². The fourth-order valence-electron chi connectivity index (χ4n) is 2.71. The molecule has 1 rings (SSSR count). The van der Waals surface area contributed by atoms with Crippen LogP contribution in [0.25, 0.3) is 0 Å². The zero-order valence-electron chi connectivity index (χ0n) is 12.5. The highest BCUT2D eigenvalue weighted by molar-refractivity contribution is 5.86. The molecule has 0 spiro atoms. The van der Waals surface area contributed by atoms with E-state index in [4.69, 9.17) is 15.2 Å². The van der Waals surface area contributed by atoms with Crippen LogP contribution < -0.4 is 5.73 Å². The van der Waals surface area contributed by atoms with Gasteiger partial charge in [-0.1, -0.05) is 12.8 Å². The highest BCUT2D eigenvalue weighted by Crippen LogP contribution is 2.38. The second-order valence-corrected chi connectivity index (χ2v) is 5.22. The van der Waals surface area contributed by atoms with E-state index in [1.165, 1.54) is 4.90 Å². The van der Waals surface area contributed by atoms with Crippen molar-refractivity contribution in [3.8, 4) is 0 Å². The van der Waals surface area contributed by atoms with Crippen molar-refractivity contribution in [2.75, 3.05) is 40.0 Å². The molecule has 0 aromatic rings. The lowest BCUT2D eigenvalue weighted by Crippen LogP contribution is -2.49. The van der Waals surface area contributed by atoms with E-state index in [0.717, 1.165) is 25.7 Å². The third kappa shape index (κ3) is 4.18. The molecule has 0 aliphatic heterocycles. The van der Waals surface area contributed by atoms with E-state index in [-0.39, 0.29) is 18.4 Å². The first kappa shape index (κ1) is 16.9. The summed E-state index contributed by atoms with van der Waals surface area (Å²) in [6.07, 6.45) is 3.63. The first-order valence-corrected chi connectivity index (χ1v) is 7.23. The fourth-order valence-corrected chi connectivity index (χ4v) is 2.71. The molecule has 0 radical (unpaired) electrons. The predicted octanol–water partition coefficient (Wildman–Crippen LogP) is 0.544. The van der Waals surface area contributed by atoms with E-state index in [1.54, 1.807) is 14.0 Å². The number of hydrogen-bond acceptors (Lipinski definition) is 5. The van der Waals surface area contributed by atoms with Crippen LogP contribution in [0.15, 0.2) is 0 Å². The Morgan fingerprint density at radius 3 is 2.45 bits per heavy atom. The second-order valence-electron chi connectivity index (χ2n) is 5.22. The fraction of sp³-hybridized carbons (Fsp3) is 0.857. The highest BCUT2D eigenvalue weighted by Gasteiger charge is 2.42. The molecule has 0 saturated heterocycles. The molecule has 116 valence electrons. The number of amides is 1. The minimum atomic E-state index is -0.500. The summed E-state index contributed by atoms with van der Waals surface area (Å²) in [7, 11) is 1.57. The molecule has 1 fully saturated rings. The number of ether oxygens (including phenoxy) is 2. The van der Waals surface area contributed by atoms with Gasteiger partial charge in [0.05, 0.1) is 18.6 Å². The molecule has 6 heteroatoms. The number of carbonyl (C=O) groups excluding carboxylic acids is 2. The van der Waals surface area contributed by atoms with Crippen LogP contribution in [0.1, 0.15) is 32.6 Å². The minimum Gasteiger partial charge on any atom is -0.465 e. The maximum Gasteiger partial charge on any atom is 0.325 e. The average molecular weight is 286 g/mol. The van der Waals surface area contributed by atoms with Crippen molar-refractivity contribution in [1.29, 1.82) is 0 Å². The van der Waals surface area contributed by atoms with Crippen molar-refractivity contribution < 1.29 is 19.1 Å². The van der Waals surface area contributed by atoms with Crippen LogP contribution in [-0.2, 0) is 19.1 Å². The number of rotatable bonds is 8. The summed E-state index contributed by atoms with van der Waals surface area (Å²) in [5, 5.41) is 0. The van der Waals surface area contributed by atoms with Crippen LogP contribution in [0, 0.1) is 5.41 Å². The highest BCUT2D eigenvalue weighted by atomic mass is 16.5. The lowest BCUT2D eigenvalue weighted by Gasteiger charge is -2.32. The van der Waals surface area contributed by atoms with Gasteiger partial charge in [0.2, 0.25) is 5.91 Å². The summed E-state index contributed by atoms with van der Waals surface area (Å²) >= 11 is 0. The van der Waals surface area contributed by atoms with Crippen LogP contribution in [-0.4, -0.2) is 56.7 Å². The smallest absolute Gasteiger partial charge is 0.325 e. The van der Waals surface area contributed by atoms with Crippen LogP contribution in [0.2, 0.25) is 0 Å². The zero-order chi connectivity index (χ0) is 15.0. The molecule has 0 bridgehead atoms. The van der Waals surface area contributed by atoms with Crippen LogP contribution >= 0.6 is 0 Å². The number of esters is 1. The van der Waals surface area contributed by atoms with Gasteiger partial charge in [0.25, 0.3) is 0 Å². The number of methoxy groups -OCH3 is 1. The van der Waals surface area contributed by atoms with Crippen molar-refractivity contribution in [3.63, 3.8) is 0 Å². The standard InChI is InChI=1S/C14H26N2O4/c1-3-20-12(17)10-16(8-9-19-2)13(18)14(11-15)6-4-5-7-14/h3-11,15H2,1-2H3. The third-order valence-electron chi connectivity index (χ3n) is 3.88. The molecular weight excluding hydrogens is 260 g/mol. The Hall–Kier alpha value is -1.14. The van der Waals surface area contributed by atoms with Crippen molar-refractivity contribution in [2.45, 2.75) is 32.6 Å². The molecule has 1 aliphatic rings. The molecular formula is C14H26N2O4. The van der Waals surface area contributed by atoms with E-state index in [1.807, 2.05) is 0 Å². The van der Waals surface area contributed by atoms with Gasteiger partial charge in [-0.15, -0.1) is 0 Å². The number of nitrogens with zero attached hydrogens (tertiary/aromatic N) is 1. The van der Waals surface area contributed by atoms with Crippen LogP contribution in [0.4, 0.5) is 0 Å². The topological polar surface area (TPSA) is 81.9 Å². The van der Waals surface area contributed by atoms with Gasteiger partial charge >= 0.3 is 5.97 Å². The van der Waals surface area contributed by atoms with E-state index < -0.39 is 5.41 Å². The Morgan fingerprint density at radius 1 is 1.30 bits per heavy atom. The number of nitrogens with two attached hydrogens (primary N) is 1. The largest absolute Gasteiger partial charge is 0.465 e. The summed E-state index contributed by atoms with van der Waals surface area (Å²) in [6.45, 7) is 3.14. The quantitative estimate of drug-likeness (QED) is 0.659. The Labute approximate surface area is 120 Å². The molecule has 6 nitrogen and oxygen atoms in total.